The van der Waals surface area contributed by atoms with Crippen molar-refractivity contribution >= 4 is 10.1 Å². The van der Waals surface area contributed by atoms with Crippen LogP contribution in [0.4, 0.5) is 0 Å². The molecule has 2 rings (SSSR count). The van der Waals surface area contributed by atoms with E-state index in [0.717, 1.165) is 5.56 Å². The Hall–Kier alpha value is -0.950. The lowest BCUT2D eigenvalue weighted by Crippen LogP contribution is -2.32. The van der Waals surface area contributed by atoms with Crippen molar-refractivity contribution in [3.05, 3.63) is 35.9 Å². The summed E-state index contributed by atoms with van der Waals surface area (Å²) in [5.41, 5.74) is 1.10. The Labute approximate surface area is 119 Å². The molecule has 1 aliphatic heterocycles. The van der Waals surface area contributed by atoms with Crippen LogP contribution in [0.15, 0.2) is 30.3 Å². The Morgan fingerprint density at radius 1 is 1.30 bits per heavy atom. The number of rotatable bonds is 6. The van der Waals surface area contributed by atoms with Crippen LogP contribution in [-0.4, -0.2) is 38.0 Å². The minimum Gasteiger partial charge on any atom is -0.376 e. The van der Waals surface area contributed by atoms with Crippen LogP contribution in [0.2, 0.25) is 0 Å². The Kier molecular flexibility index (Phi) is 5.54. The Morgan fingerprint density at radius 3 is 2.75 bits per heavy atom. The van der Waals surface area contributed by atoms with Crippen molar-refractivity contribution in [3.8, 4) is 0 Å². The molecule has 0 amide bonds. The Bertz CT molecular complexity index is 500. The van der Waals surface area contributed by atoms with Gasteiger partial charge in [-0.2, -0.15) is 8.42 Å². The first-order valence-corrected chi connectivity index (χ1v) is 8.32. The predicted molar refractivity (Wildman–Crippen MR) is 75.0 cm³/mol. The van der Waals surface area contributed by atoms with Crippen molar-refractivity contribution in [1.29, 1.82) is 0 Å². The van der Waals surface area contributed by atoms with Crippen LogP contribution in [0.3, 0.4) is 0 Å². The lowest BCUT2D eigenvalue weighted by molar-refractivity contribution is -0.0579. The molecular weight excluding hydrogens is 280 g/mol. The van der Waals surface area contributed by atoms with Crippen LogP contribution >= 0.6 is 0 Å². The van der Waals surface area contributed by atoms with Gasteiger partial charge in [0.05, 0.1) is 25.1 Å². The molecule has 1 fully saturated rings. The van der Waals surface area contributed by atoms with E-state index in [1.807, 2.05) is 30.3 Å². The molecule has 2 atom stereocenters. The molecular formula is C14H20O5S. The lowest BCUT2D eigenvalue weighted by atomic mass is 9.98. The Morgan fingerprint density at radius 2 is 2.05 bits per heavy atom. The van der Waals surface area contributed by atoms with E-state index in [-0.39, 0.29) is 17.8 Å². The van der Waals surface area contributed by atoms with Gasteiger partial charge in [-0.15, -0.1) is 0 Å². The topological polar surface area (TPSA) is 72.8 Å². The molecule has 5 nitrogen and oxygen atoms in total. The average molecular weight is 300 g/mol. The predicted octanol–water partition coefficient (Wildman–Crippen LogP) is 1.89. The molecule has 112 valence electrons. The largest absolute Gasteiger partial charge is 0.376 e. The molecule has 1 heterocycles. The molecule has 2 unspecified atom stereocenters. The van der Waals surface area contributed by atoms with Gasteiger partial charge in [-0.1, -0.05) is 30.3 Å². The van der Waals surface area contributed by atoms with Gasteiger partial charge in [0.15, 0.2) is 0 Å². The molecule has 1 aromatic carbocycles. The summed E-state index contributed by atoms with van der Waals surface area (Å²) in [5, 5.41) is 0. The fourth-order valence-corrected chi connectivity index (χ4v) is 3.31. The van der Waals surface area contributed by atoms with E-state index in [2.05, 4.69) is 0 Å². The van der Waals surface area contributed by atoms with Crippen LogP contribution in [0.1, 0.15) is 18.4 Å². The molecule has 0 aromatic heterocycles. The highest BCUT2D eigenvalue weighted by Crippen LogP contribution is 2.22. The van der Waals surface area contributed by atoms with Gasteiger partial charge >= 0.3 is 0 Å². The molecule has 0 bridgehead atoms. The smallest absolute Gasteiger partial charge is 0.265 e. The second-order valence-corrected chi connectivity index (χ2v) is 6.63. The third kappa shape index (κ3) is 5.58. The summed E-state index contributed by atoms with van der Waals surface area (Å²) in [4.78, 5) is 0. The molecule has 1 saturated heterocycles. The highest BCUT2D eigenvalue weighted by Gasteiger charge is 2.26. The molecule has 0 aliphatic carbocycles. The SMILES string of the molecule is O=S(=O)(O)CC1CCOC(COCc2ccccc2)C1. The van der Waals surface area contributed by atoms with Gasteiger partial charge in [0.1, 0.15) is 0 Å². The van der Waals surface area contributed by atoms with Gasteiger partial charge in [0.2, 0.25) is 0 Å². The molecule has 0 spiro atoms. The van der Waals surface area contributed by atoms with Crippen LogP contribution in [0.25, 0.3) is 0 Å². The van der Waals surface area contributed by atoms with Crippen LogP contribution < -0.4 is 0 Å². The summed E-state index contributed by atoms with van der Waals surface area (Å²) in [6.07, 6.45) is 1.17. The van der Waals surface area contributed by atoms with Gasteiger partial charge in [0.25, 0.3) is 10.1 Å². The van der Waals surface area contributed by atoms with Crippen molar-refractivity contribution in [3.63, 3.8) is 0 Å². The summed E-state index contributed by atoms with van der Waals surface area (Å²) in [5.74, 6) is -0.241. The van der Waals surface area contributed by atoms with Gasteiger partial charge in [-0.3, -0.25) is 4.55 Å². The van der Waals surface area contributed by atoms with E-state index < -0.39 is 10.1 Å². The molecule has 1 aromatic rings. The summed E-state index contributed by atoms with van der Waals surface area (Å²) < 4.78 is 41.8. The van der Waals surface area contributed by atoms with Crippen molar-refractivity contribution in [2.75, 3.05) is 19.0 Å². The molecule has 1 aliphatic rings. The zero-order valence-corrected chi connectivity index (χ0v) is 12.1. The first kappa shape index (κ1) is 15.4. The highest BCUT2D eigenvalue weighted by atomic mass is 32.2. The number of ether oxygens (including phenoxy) is 2. The van der Waals surface area contributed by atoms with Crippen molar-refractivity contribution in [2.24, 2.45) is 5.92 Å². The zero-order valence-electron chi connectivity index (χ0n) is 11.3. The molecule has 0 radical (unpaired) electrons. The fourth-order valence-electron chi connectivity index (χ4n) is 2.41. The van der Waals surface area contributed by atoms with Crippen LogP contribution in [-0.2, 0) is 26.2 Å². The van der Waals surface area contributed by atoms with E-state index in [0.29, 0.717) is 32.7 Å². The minimum absolute atomic E-state index is 0.0518. The summed E-state index contributed by atoms with van der Waals surface area (Å²) in [6.45, 7) is 1.47. The van der Waals surface area contributed by atoms with E-state index in [1.54, 1.807) is 0 Å². The molecule has 20 heavy (non-hydrogen) atoms. The minimum atomic E-state index is -3.91. The highest BCUT2D eigenvalue weighted by molar-refractivity contribution is 7.85. The maximum atomic E-state index is 10.9. The van der Waals surface area contributed by atoms with Crippen molar-refractivity contribution in [1.82, 2.24) is 0 Å². The summed E-state index contributed by atoms with van der Waals surface area (Å²) in [7, 11) is -3.91. The third-order valence-corrected chi connectivity index (χ3v) is 4.23. The second kappa shape index (κ2) is 7.17. The number of hydrogen-bond acceptors (Lipinski definition) is 4. The van der Waals surface area contributed by atoms with Gasteiger partial charge in [-0.05, 0) is 24.3 Å². The lowest BCUT2D eigenvalue weighted by Gasteiger charge is -2.28. The number of benzene rings is 1. The molecule has 0 saturated carbocycles. The number of hydrogen-bond donors (Lipinski definition) is 1. The van der Waals surface area contributed by atoms with Gasteiger partial charge in [-0.25, -0.2) is 0 Å². The Balaban J connectivity index is 1.73. The van der Waals surface area contributed by atoms with Gasteiger partial charge in [0, 0.05) is 6.61 Å². The fraction of sp³-hybridized carbons (Fsp3) is 0.571. The first-order chi connectivity index (χ1) is 9.53. The quantitative estimate of drug-likeness (QED) is 0.812. The standard InChI is InChI=1S/C14H20O5S/c15-20(16,17)11-13-6-7-19-14(8-13)10-18-9-12-4-2-1-3-5-12/h1-5,13-14H,6-11H2,(H,15,16,17). The average Bonchev–Trinajstić information content (AvgIpc) is 2.38. The summed E-state index contributed by atoms with van der Waals surface area (Å²) in [6, 6.07) is 9.84. The van der Waals surface area contributed by atoms with E-state index >= 15 is 0 Å². The van der Waals surface area contributed by atoms with E-state index in [4.69, 9.17) is 14.0 Å². The zero-order chi connectivity index (χ0) is 14.4. The van der Waals surface area contributed by atoms with Crippen molar-refractivity contribution < 1.29 is 22.4 Å². The van der Waals surface area contributed by atoms with E-state index in [1.165, 1.54) is 0 Å². The van der Waals surface area contributed by atoms with E-state index in [9.17, 15) is 8.42 Å². The molecule has 6 heteroatoms. The third-order valence-electron chi connectivity index (χ3n) is 3.34. The monoisotopic (exact) mass is 300 g/mol. The maximum absolute atomic E-state index is 10.9. The van der Waals surface area contributed by atoms with Gasteiger partial charge < -0.3 is 9.47 Å². The first-order valence-electron chi connectivity index (χ1n) is 6.71. The second-order valence-electron chi connectivity index (χ2n) is 5.13. The maximum Gasteiger partial charge on any atom is 0.265 e. The normalized spacial score (nSPS) is 23.6. The van der Waals surface area contributed by atoms with Crippen LogP contribution in [0.5, 0.6) is 0 Å². The molecule has 1 N–H and O–H groups in total. The van der Waals surface area contributed by atoms with Crippen LogP contribution in [0, 0.1) is 5.92 Å². The summed E-state index contributed by atoms with van der Waals surface area (Å²) >= 11 is 0. The van der Waals surface area contributed by atoms with Crippen molar-refractivity contribution in [2.45, 2.75) is 25.6 Å².